The summed E-state index contributed by atoms with van der Waals surface area (Å²) in [6.07, 6.45) is 1.60. The van der Waals surface area contributed by atoms with Crippen molar-refractivity contribution in [2.45, 2.75) is 11.8 Å². The third kappa shape index (κ3) is 3.23. The van der Waals surface area contributed by atoms with Gasteiger partial charge in [-0.05, 0) is 36.4 Å². The lowest BCUT2D eigenvalue weighted by Gasteiger charge is -2.19. The standard InChI is InChI=1S/C18H16N2O5S/c1-12-19-11-18(25-12)13-2-5-15(6-3-13)26(21,22)20-14-4-7-16-17(10-14)24-9-8-23-16/h2-7,10-11,20H,8-9H2,1H3. The van der Waals surface area contributed by atoms with Crippen LogP contribution in [-0.2, 0) is 10.0 Å². The molecule has 8 heteroatoms. The lowest BCUT2D eigenvalue weighted by Crippen LogP contribution is -2.16. The second-order valence-corrected chi connectivity index (χ2v) is 7.41. The van der Waals surface area contributed by atoms with Gasteiger partial charge in [0.05, 0.1) is 16.8 Å². The van der Waals surface area contributed by atoms with E-state index in [0.29, 0.717) is 42.1 Å². The van der Waals surface area contributed by atoms with Crippen LogP contribution >= 0.6 is 0 Å². The number of hydrogen-bond acceptors (Lipinski definition) is 6. The van der Waals surface area contributed by atoms with E-state index in [1.165, 1.54) is 12.1 Å². The molecular formula is C18H16N2O5S. The van der Waals surface area contributed by atoms with Gasteiger partial charge in [0.2, 0.25) is 0 Å². The molecule has 134 valence electrons. The molecule has 3 aromatic rings. The molecule has 2 heterocycles. The number of hydrogen-bond donors (Lipinski definition) is 1. The van der Waals surface area contributed by atoms with Crippen molar-refractivity contribution in [3.63, 3.8) is 0 Å². The normalized spacial score (nSPS) is 13.4. The second kappa shape index (κ2) is 6.38. The third-order valence-electron chi connectivity index (χ3n) is 3.86. The first-order valence-corrected chi connectivity index (χ1v) is 9.45. The Morgan fingerprint density at radius 3 is 2.42 bits per heavy atom. The summed E-state index contributed by atoms with van der Waals surface area (Å²) in [6.45, 7) is 2.67. The predicted molar refractivity (Wildman–Crippen MR) is 94.9 cm³/mol. The highest BCUT2D eigenvalue weighted by atomic mass is 32.2. The minimum absolute atomic E-state index is 0.146. The number of fused-ring (bicyclic) bond motifs is 1. The first kappa shape index (κ1) is 16.5. The summed E-state index contributed by atoms with van der Waals surface area (Å²) in [4.78, 5) is 4.18. The highest BCUT2D eigenvalue weighted by Crippen LogP contribution is 2.33. The van der Waals surface area contributed by atoms with Crippen molar-refractivity contribution in [3.8, 4) is 22.8 Å². The maximum atomic E-state index is 12.6. The lowest BCUT2D eigenvalue weighted by molar-refractivity contribution is 0.171. The van der Waals surface area contributed by atoms with Crippen LogP contribution < -0.4 is 14.2 Å². The van der Waals surface area contributed by atoms with Crippen LogP contribution in [0.1, 0.15) is 5.89 Å². The number of sulfonamides is 1. The number of oxazole rings is 1. The van der Waals surface area contributed by atoms with Crippen LogP contribution in [0.2, 0.25) is 0 Å². The molecule has 1 aliphatic heterocycles. The van der Waals surface area contributed by atoms with Crippen LogP contribution in [0.4, 0.5) is 5.69 Å². The summed E-state index contributed by atoms with van der Waals surface area (Å²) in [5.74, 6) is 2.27. The summed E-state index contributed by atoms with van der Waals surface area (Å²) in [5, 5.41) is 0. The molecule has 0 atom stereocenters. The average molecular weight is 372 g/mol. The fraction of sp³-hybridized carbons (Fsp3) is 0.167. The molecule has 26 heavy (non-hydrogen) atoms. The van der Waals surface area contributed by atoms with Gasteiger partial charge >= 0.3 is 0 Å². The number of aryl methyl sites for hydroxylation is 1. The van der Waals surface area contributed by atoms with Crippen molar-refractivity contribution in [1.82, 2.24) is 4.98 Å². The summed E-state index contributed by atoms with van der Waals surface area (Å²) in [5.41, 5.74) is 1.16. The molecule has 4 rings (SSSR count). The van der Waals surface area contributed by atoms with Crippen molar-refractivity contribution in [1.29, 1.82) is 0 Å². The fourth-order valence-corrected chi connectivity index (χ4v) is 3.66. The highest BCUT2D eigenvalue weighted by Gasteiger charge is 2.17. The smallest absolute Gasteiger partial charge is 0.261 e. The van der Waals surface area contributed by atoms with Gasteiger partial charge < -0.3 is 13.9 Å². The van der Waals surface area contributed by atoms with Crippen LogP contribution in [0.15, 0.2) is 58.0 Å². The minimum atomic E-state index is -3.73. The highest BCUT2D eigenvalue weighted by molar-refractivity contribution is 7.92. The molecule has 0 radical (unpaired) electrons. The topological polar surface area (TPSA) is 90.7 Å². The Hall–Kier alpha value is -3.00. The molecule has 0 bridgehead atoms. The zero-order valence-electron chi connectivity index (χ0n) is 13.9. The summed E-state index contributed by atoms with van der Waals surface area (Å²) >= 11 is 0. The molecule has 0 saturated carbocycles. The third-order valence-corrected chi connectivity index (χ3v) is 5.26. The van der Waals surface area contributed by atoms with Gasteiger partial charge in [-0.3, -0.25) is 4.72 Å². The van der Waals surface area contributed by atoms with Crippen molar-refractivity contribution >= 4 is 15.7 Å². The average Bonchev–Trinajstić information content (AvgIpc) is 3.08. The van der Waals surface area contributed by atoms with Crippen molar-refractivity contribution < 1.29 is 22.3 Å². The number of aromatic nitrogens is 1. The number of ether oxygens (including phenoxy) is 2. The first-order chi connectivity index (χ1) is 12.5. The van der Waals surface area contributed by atoms with Crippen LogP contribution in [-0.4, -0.2) is 26.6 Å². The van der Waals surface area contributed by atoms with E-state index < -0.39 is 10.0 Å². The van der Waals surface area contributed by atoms with Gasteiger partial charge in [0, 0.05) is 18.6 Å². The monoisotopic (exact) mass is 372 g/mol. The Bertz CT molecular complexity index is 1040. The summed E-state index contributed by atoms with van der Waals surface area (Å²) < 4.78 is 44.1. The maximum absolute atomic E-state index is 12.6. The molecule has 0 amide bonds. The number of nitrogens with zero attached hydrogens (tertiary/aromatic N) is 1. The summed E-state index contributed by atoms with van der Waals surface area (Å²) in [6, 6.07) is 11.3. The van der Waals surface area contributed by atoms with E-state index in [1.54, 1.807) is 43.5 Å². The minimum Gasteiger partial charge on any atom is -0.486 e. The van der Waals surface area contributed by atoms with Gasteiger partial charge in [0.15, 0.2) is 23.1 Å². The molecule has 0 saturated heterocycles. The molecule has 0 fully saturated rings. The van der Waals surface area contributed by atoms with E-state index >= 15 is 0 Å². The van der Waals surface area contributed by atoms with Crippen molar-refractivity contribution in [2.75, 3.05) is 17.9 Å². The van der Waals surface area contributed by atoms with Crippen molar-refractivity contribution in [3.05, 3.63) is 54.6 Å². The zero-order valence-corrected chi connectivity index (χ0v) is 14.7. The first-order valence-electron chi connectivity index (χ1n) is 7.97. The van der Waals surface area contributed by atoms with E-state index in [1.807, 2.05) is 0 Å². The number of anilines is 1. The zero-order chi connectivity index (χ0) is 18.1. The number of rotatable bonds is 4. The number of benzene rings is 2. The SMILES string of the molecule is Cc1ncc(-c2ccc(S(=O)(=O)Nc3ccc4c(c3)OCCO4)cc2)o1. The van der Waals surface area contributed by atoms with Crippen molar-refractivity contribution in [2.24, 2.45) is 0 Å². The predicted octanol–water partition coefficient (Wildman–Crippen LogP) is 3.22. The Morgan fingerprint density at radius 2 is 1.73 bits per heavy atom. The second-order valence-electron chi connectivity index (χ2n) is 5.73. The van der Waals surface area contributed by atoms with E-state index in [4.69, 9.17) is 13.9 Å². The molecule has 7 nitrogen and oxygen atoms in total. The molecular weight excluding hydrogens is 356 g/mol. The van der Waals surface area contributed by atoms with Gasteiger partial charge in [0.25, 0.3) is 10.0 Å². The molecule has 0 spiro atoms. The van der Waals surface area contributed by atoms with E-state index in [9.17, 15) is 8.42 Å². The van der Waals surface area contributed by atoms with E-state index in [0.717, 1.165) is 5.56 Å². The van der Waals surface area contributed by atoms with E-state index in [2.05, 4.69) is 9.71 Å². The van der Waals surface area contributed by atoms with Gasteiger partial charge in [-0.25, -0.2) is 13.4 Å². The largest absolute Gasteiger partial charge is 0.486 e. The molecule has 0 unspecified atom stereocenters. The Labute approximate surface area is 150 Å². The lowest BCUT2D eigenvalue weighted by atomic mass is 10.2. The Morgan fingerprint density at radius 1 is 1.00 bits per heavy atom. The Kier molecular flexibility index (Phi) is 4.04. The maximum Gasteiger partial charge on any atom is 0.261 e. The quantitative estimate of drug-likeness (QED) is 0.756. The number of nitrogens with one attached hydrogen (secondary N) is 1. The van der Waals surface area contributed by atoms with Crippen LogP contribution in [0.25, 0.3) is 11.3 Å². The van der Waals surface area contributed by atoms with Gasteiger partial charge in [0.1, 0.15) is 13.2 Å². The van der Waals surface area contributed by atoms with Gasteiger partial charge in [-0.15, -0.1) is 0 Å². The fourth-order valence-electron chi connectivity index (χ4n) is 2.61. The molecule has 1 N–H and O–H groups in total. The molecule has 1 aromatic heterocycles. The van der Waals surface area contributed by atoms with Gasteiger partial charge in [-0.1, -0.05) is 0 Å². The van der Waals surface area contributed by atoms with Gasteiger partial charge in [-0.2, -0.15) is 0 Å². The van der Waals surface area contributed by atoms with Crippen LogP contribution in [0.3, 0.4) is 0 Å². The van der Waals surface area contributed by atoms with E-state index in [-0.39, 0.29) is 4.90 Å². The summed E-state index contributed by atoms with van der Waals surface area (Å²) in [7, 11) is -3.73. The molecule has 2 aromatic carbocycles. The Balaban J connectivity index is 1.56. The van der Waals surface area contributed by atoms with Crippen LogP contribution in [0, 0.1) is 6.92 Å². The van der Waals surface area contributed by atoms with Crippen LogP contribution in [0.5, 0.6) is 11.5 Å². The molecule has 1 aliphatic rings. The molecule has 0 aliphatic carbocycles.